The quantitative estimate of drug-likeness (QED) is 0.725. The van der Waals surface area contributed by atoms with Gasteiger partial charge in [0.05, 0.1) is 16.9 Å². The van der Waals surface area contributed by atoms with Crippen molar-refractivity contribution in [1.82, 2.24) is 15.0 Å². The van der Waals surface area contributed by atoms with Gasteiger partial charge in [-0.15, -0.1) is 11.8 Å². The number of piperazine rings is 1. The average Bonchev–Trinajstić information content (AvgIpc) is 3.06. The molecule has 156 valence electrons. The molecule has 1 saturated heterocycles. The summed E-state index contributed by atoms with van der Waals surface area (Å²) in [5.74, 6) is 2.19. The molecule has 0 saturated carbocycles. The normalized spacial score (nSPS) is 14.9. The lowest BCUT2D eigenvalue weighted by molar-refractivity contribution is -0.141. The zero-order valence-electron chi connectivity index (χ0n) is 17.6. The lowest BCUT2D eigenvalue weighted by Gasteiger charge is -2.38. The minimum absolute atomic E-state index is 0.114. The Morgan fingerprint density at radius 2 is 1.69 bits per heavy atom. The van der Waals surface area contributed by atoms with Crippen molar-refractivity contribution in [3.05, 3.63) is 52.9 Å². The third-order valence-electron chi connectivity index (χ3n) is 5.60. The van der Waals surface area contributed by atoms with E-state index in [0.29, 0.717) is 31.9 Å². The number of carbonyl (C=O) groups excluding carboxylic acids is 2. The molecule has 0 atom stereocenters. The van der Waals surface area contributed by atoms with Crippen molar-refractivity contribution in [1.29, 1.82) is 0 Å². The number of amides is 2. The van der Waals surface area contributed by atoms with Gasteiger partial charge in [-0.1, -0.05) is 35.5 Å². The molecule has 0 unspecified atom stereocenters. The van der Waals surface area contributed by atoms with Crippen LogP contribution in [-0.2, 0) is 20.8 Å². The van der Waals surface area contributed by atoms with Crippen molar-refractivity contribution < 1.29 is 14.1 Å². The molecule has 0 aliphatic carbocycles. The largest absolute Gasteiger partial charge is 0.361 e. The lowest BCUT2D eigenvalue weighted by Crippen LogP contribution is -2.54. The number of thioether (sulfide) groups is 1. The third kappa shape index (κ3) is 4.83. The minimum atomic E-state index is -0.572. The van der Waals surface area contributed by atoms with E-state index >= 15 is 0 Å². The van der Waals surface area contributed by atoms with Gasteiger partial charge in [-0.25, -0.2) is 0 Å². The topological polar surface area (TPSA) is 66.7 Å². The number of hydrogen-bond donors (Lipinski definition) is 0. The molecule has 0 spiro atoms. The Bertz CT molecular complexity index is 836. The summed E-state index contributed by atoms with van der Waals surface area (Å²) in [5, 5.41) is 3.95. The second kappa shape index (κ2) is 9.03. The van der Waals surface area contributed by atoms with Crippen molar-refractivity contribution in [2.75, 3.05) is 31.9 Å². The van der Waals surface area contributed by atoms with Gasteiger partial charge >= 0.3 is 0 Å². The van der Waals surface area contributed by atoms with Crippen LogP contribution < -0.4 is 0 Å². The first-order valence-corrected chi connectivity index (χ1v) is 11.1. The number of rotatable bonds is 6. The molecule has 3 rings (SSSR count). The zero-order valence-corrected chi connectivity index (χ0v) is 18.4. The summed E-state index contributed by atoms with van der Waals surface area (Å²) in [6, 6.07) is 9.86. The van der Waals surface area contributed by atoms with E-state index in [2.05, 4.69) is 5.16 Å². The molecule has 0 radical (unpaired) electrons. The van der Waals surface area contributed by atoms with Crippen LogP contribution in [0, 0.1) is 13.8 Å². The van der Waals surface area contributed by atoms with Crippen LogP contribution in [0.5, 0.6) is 0 Å². The van der Waals surface area contributed by atoms with Crippen molar-refractivity contribution in [2.45, 2.75) is 38.9 Å². The third-order valence-corrected chi connectivity index (χ3v) is 6.55. The predicted molar refractivity (Wildman–Crippen MR) is 115 cm³/mol. The summed E-state index contributed by atoms with van der Waals surface area (Å²) in [6.45, 7) is 10.1. The second-order valence-corrected chi connectivity index (χ2v) is 8.95. The highest BCUT2D eigenvalue weighted by Gasteiger charge is 2.35. The lowest BCUT2D eigenvalue weighted by atomic mass is 9.83. The van der Waals surface area contributed by atoms with E-state index in [1.807, 2.05) is 67.8 Å². The van der Waals surface area contributed by atoms with E-state index in [9.17, 15) is 9.59 Å². The molecular weight excluding hydrogens is 386 g/mol. The molecule has 1 fully saturated rings. The summed E-state index contributed by atoms with van der Waals surface area (Å²) < 4.78 is 5.17. The molecule has 2 amide bonds. The van der Waals surface area contributed by atoms with Gasteiger partial charge in [0, 0.05) is 37.5 Å². The summed E-state index contributed by atoms with van der Waals surface area (Å²) in [5.41, 5.74) is 2.40. The van der Waals surface area contributed by atoms with Gasteiger partial charge in [0.15, 0.2) is 0 Å². The number of hydrogen-bond acceptors (Lipinski definition) is 5. The monoisotopic (exact) mass is 415 g/mol. The maximum absolute atomic E-state index is 13.1. The highest BCUT2D eigenvalue weighted by Crippen LogP contribution is 2.26. The average molecular weight is 416 g/mol. The Morgan fingerprint density at radius 3 is 2.28 bits per heavy atom. The van der Waals surface area contributed by atoms with Crippen LogP contribution >= 0.6 is 11.8 Å². The smallest absolute Gasteiger partial charge is 0.232 e. The van der Waals surface area contributed by atoms with Gasteiger partial charge < -0.3 is 14.3 Å². The maximum atomic E-state index is 13.1. The van der Waals surface area contributed by atoms with Gasteiger partial charge in [-0.3, -0.25) is 9.59 Å². The van der Waals surface area contributed by atoms with Crippen molar-refractivity contribution >= 4 is 23.6 Å². The molecule has 1 aromatic heterocycles. The standard InChI is InChI=1S/C22H29N3O3S/c1-16-19(17(2)28-23-16)14-29-15-20(26)24-10-12-25(13-11-24)21(27)22(3,4)18-8-6-5-7-9-18/h5-9H,10-15H2,1-4H3. The first-order chi connectivity index (χ1) is 13.8. The number of aryl methyl sites for hydroxylation is 2. The van der Waals surface area contributed by atoms with Gasteiger partial charge in [0.2, 0.25) is 11.8 Å². The first kappa shape index (κ1) is 21.4. The SMILES string of the molecule is Cc1noc(C)c1CSCC(=O)N1CCN(C(=O)C(C)(C)c2ccccc2)CC1. The summed E-state index contributed by atoms with van der Waals surface area (Å²) in [6.07, 6.45) is 0. The van der Waals surface area contributed by atoms with Crippen molar-refractivity contribution in [2.24, 2.45) is 0 Å². The van der Waals surface area contributed by atoms with E-state index in [1.54, 1.807) is 11.8 Å². The molecule has 1 aromatic carbocycles. The van der Waals surface area contributed by atoms with E-state index in [1.165, 1.54) is 0 Å². The van der Waals surface area contributed by atoms with Gasteiger partial charge in [-0.05, 0) is 33.3 Å². The molecule has 29 heavy (non-hydrogen) atoms. The molecule has 0 N–H and O–H groups in total. The molecule has 0 bridgehead atoms. The molecule has 1 aliphatic rings. The van der Waals surface area contributed by atoms with Crippen LogP contribution in [0.3, 0.4) is 0 Å². The molecule has 2 heterocycles. The first-order valence-electron chi connectivity index (χ1n) is 9.93. The highest BCUT2D eigenvalue weighted by molar-refractivity contribution is 7.99. The van der Waals surface area contributed by atoms with Crippen LogP contribution in [0.15, 0.2) is 34.9 Å². The fraction of sp³-hybridized carbons (Fsp3) is 0.500. The van der Waals surface area contributed by atoms with E-state index in [0.717, 1.165) is 28.3 Å². The summed E-state index contributed by atoms with van der Waals surface area (Å²) >= 11 is 1.58. The number of benzene rings is 1. The minimum Gasteiger partial charge on any atom is -0.361 e. The molecular formula is C22H29N3O3S. The van der Waals surface area contributed by atoms with Gasteiger partial charge in [0.1, 0.15) is 5.76 Å². The summed E-state index contributed by atoms with van der Waals surface area (Å²) in [7, 11) is 0. The highest BCUT2D eigenvalue weighted by atomic mass is 32.2. The second-order valence-electron chi connectivity index (χ2n) is 7.96. The van der Waals surface area contributed by atoms with Crippen LogP contribution in [0.2, 0.25) is 0 Å². The molecule has 6 nitrogen and oxygen atoms in total. The summed E-state index contributed by atoms with van der Waals surface area (Å²) in [4.78, 5) is 29.4. The number of aromatic nitrogens is 1. The van der Waals surface area contributed by atoms with Crippen LogP contribution in [0.4, 0.5) is 0 Å². The molecule has 7 heteroatoms. The Hall–Kier alpha value is -2.28. The van der Waals surface area contributed by atoms with E-state index < -0.39 is 5.41 Å². The Morgan fingerprint density at radius 1 is 1.07 bits per heavy atom. The van der Waals surface area contributed by atoms with E-state index in [-0.39, 0.29) is 11.8 Å². The zero-order chi connectivity index (χ0) is 21.0. The Balaban J connectivity index is 1.48. The Kier molecular flexibility index (Phi) is 6.67. The predicted octanol–water partition coefficient (Wildman–Crippen LogP) is 3.17. The van der Waals surface area contributed by atoms with Crippen molar-refractivity contribution in [3.8, 4) is 0 Å². The fourth-order valence-corrected chi connectivity index (χ4v) is 4.65. The van der Waals surface area contributed by atoms with Gasteiger partial charge in [-0.2, -0.15) is 0 Å². The number of nitrogens with zero attached hydrogens (tertiary/aromatic N) is 3. The van der Waals surface area contributed by atoms with E-state index in [4.69, 9.17) is 4.52 Å². The fourth-order valence-electron chi connectivity index (χ4n) is 3.57. The maximum Gasteiger partial charge on any atom is 0.232 e. The van der Waals surface area contributed by atoms with Crippen LogP contribution in [-0.4, -0.2) is 58.7 Å². The van der Waals surface area contributed by atoms with Gasteiger partial charge in [0.25, 0.3) is 0 Å². The Labute approximate surface area is 176 Å². The van der Waals surface area contributed by atoms with Crippen LogP contribution in [0.25, 0.3) is 0 Å². The van der Waals surface area contributed by atoms with Crippen molar-refractivity contribution in [3.63, 3.8) is 0 Å². The molecule has 1 aliphatic heterocycles. The molecule has 2 aromatic rings. The number of carbonyl (C=O) groups is 2. The van der Waals surface area contributed by atoms with Crippen LogP contribution in [0.1, 0.15) is 36.4 Å².